The van der Waals surface area contributed by atoms with Gasteiger partial charge in [0.05, 0.1) is 16.3 Å². The van der Waals surface area contributed by atoms with Crippen molar-refractivity contribution in [3.8, 4) is 0 Å². The molecule has 0 amide bonds. The van der Waals surface area contributed by atoms with Crippen molar-refractivity contribution in [2.45, 2.75) is 17.9 Å². The van der Waals surface area contributed by atoms with E-state index < -0.39 is 15.7 Å². The van der Waals surface area contributed by atoms with E-state index in [0.717, 1.165) is 6.07 Å². The number of halogens is 1. The van der Waals surface area contributed by atoms with E-state index in [2.05, 4.69) is 0 Å². The number of benzene rings is 1. The summed E-state index contributed by atoms with van der Waals surface area (Å²) in [6, 6.07) is 3.90. The maximum absolute atomic E-state index is 13.1. The Morgan fingerprint density at radius 2 is 2.24 bits per heavy atom. The number of hydrogen-bond donors (Lipinski definition) is 1. The average Bonchev–Trinajstić information content (AvgIpc) is 2.29. The zero-order valence-electron chi connectivity index (χ0n) is 9.56. The van der Waals surface area contributed by atoms with E-state index >= 15 is 0 Å². The van der Waals surface area contributed by atoms with Gasteiger partial charge in [-0.2, -0.15) is 0 Å². The van der Waals surface area contributed by atoms with Crippen LogP contribution in [0.1, 0.15) is 6.92 Å². The van der Waals surface area contributed by atoms with Crippen LogP contribution in [0.25, 0.3) is 0 Å². The van der Waals surface area contributed by atoms with Crippen molar-refractivity contribution in [3.63, 3.8) is 0 Å². The summed E-state index contributed by atoms with van der Waals surface area (Å²) in [5.74, 6) is -0.525. The van der Waals surface area contributed by atoms with Gasteiger partial charge in [0.1, 0.15) is 5.82 Å². The third-order valence-corrected chi connectivity index (χ3v) is 4.76. The first kappa shape index (κ1) is 12.3. The van der Waals surface area contributed by atoms with Gasteiger partial charge in [0.2, 0.25) is 0 Å². The molecular weight excluding hydrogens is 243 g/mol. The Bertz CT molecular complexity index is 530. The van der Waals surface area contributed by atoms with Crippen LogP contribution in [-0.4, -0.2) is 33.3 Å². The summed E-state index contributed by atoms with van der Waals surface area (Å²) in [4.78, 5) is 1.99. The number of hydrogen-bond acceptors (Lipinski definition) is 4. The molecule has 0 saturated carbocycles. The van der Waals surface area contributed by atoms with Crippen molar-refractivity contribution in [1.82, 2.24) is 0 Å². The van der Waals surface area contributed by atoms with Gasteiger partial charge in [0, 0.05) is 19.1 Å². The number of nitrogens with zero attached hydrogens (tertiary/aromatic N) is 1. The fraction of sp³-hybridized carbons (Fsp3) is 0.455. The molecule has 6 heteroatoms. The molecule has 0 fully saturated rings. The summed E-state index contributed by atoms with van der Waals surface area (Å²) in [6.07, 6.45) is 0. The van der Waals surface area contributed by atoms with E-state index in [4.69, 9.17) is 5.73 Å². The lowest BCUT2D eigenvalue weighted by molar-refractivity contribution is 0.573. The Balaban J connectivity index is 2.56. The topological polar surface area (TPSA) is 63.4 Å². The van der Waals surface area contributed by atoms with Crippen molar-refractivity contribution in [3.05, 3.63) is 24.0 Å². The Morgan fingerprint density at radius 1 is 1.53 bits per heavy atom. The summed E-state index contributed by atoms with van der Waals surface area (Å²) in [5.41, 5.74) is 6.14. The highest BCUT2D eigenvalue weighted by Gasteiger charge is 2.30. The lowest BCUT2D eigenvalue weighted by Crippen LogP contribution is -2.44. The Labute approximate surface area is 100 Å². The zero-order valence-corrected chi connectivity index (χ0v) is 10.4. The molecule has 1 heterocycles. The van der Waals surface area contributed by atoms with Crippen LogP contribution in [0.2, 0.25) is 0 Å². The van der Waals surface area contributed by atoms with E-state index in [1.807, 2.05) is 11.8 Å². The second-order valence-corrected chi connectivity index (χ2v) is 6.29. The normalized spacial score (nSPS) is 19.8. The van der Waals surface area contributed by atoms with Gasteiger partial charge in [-0.15, -0.1) is 0 Å². The van der Waals surface area contributed by atoms with E-state index in [9.17, 15) is 12.8 Å². The minimum absolute atomic E-state index is 0.00773. The van der Waals surface area contributed by atoms with Crippen molar-refractivity contribution in [1.29, 1.82) is 0 Å². The second-order valence-electron chi connectivity index (χ2n) is 4.21. The minimum atomic E-state index is -3.36. The number of anilines is 1. The van der Waals surface area contributed by atoms with E-state index in [-0.39, 0.29) is 16.7 Å². The van der Waals surface area contributed by atoms with E-state index in [1.165, 1.54) is 12.1 Å². The SMILES string of the molecule is CC(CN)N1CCS(=O)(=O)c2cc(F)ccc21. The van der Waals surface area contributed by atoms with Gasteiger partial charge in [-0.3, -0.25) is 0 Å². The summed E-state index contributed by atoms with van der Waals surface area (Å²) in [6.45, 7) is 2.75. The van der Waals surface area contributed by atoms with Gasteiger partial charge in [0.25, 0.3) is 0 Å². The van der Waals surface area contributed by atoms with Gasteiger partial charge >= 0.3 is 0 Å². The van der Waals surface area contributed by atoms with Crippen LogP contribution in [0, 0.1) is 5.82 Å². The molecule has 0 aromatic heterocycles. The van der Waals surface area contributed by atoms with Gasteiger partial charge in [0.15, 0.2) is 9.84 Å². The van der Waals surface area contributed by atoms with Gasteiger partial charge in [-0.25, -0.2) is 12.8 Å². The standard InChI is InChI=1S/C11H15FN2O2S/c1-8(7-13)14-4-5-17(15,16)11-6-9(12)2-3-10(11)14/h2-3,6,8H,4-5,7,13H2,1H3. The number of rotatable bonds is 2. The molecule has 1 unspecified atom stereocenters. The van der Waals surface area contributed by atoms with Crippen LogP contribution in [-0.2, 0) is 9.84 Å². The van der Waals surface area contributed by atoms with Crippen LogP contribution in [0.15, 0.2) is 23.1 Å². The minimum Gasteiger partial charge on any atom is -0.365 e. The van der Waals surface area contributed by atoms with Crippen molar-refractivity contribution in [2.24, 2.45) is 5.73 Å². The van der Waals surface area contributed by atoms with Crippen LogP contribution in [0.3, 0.4) is 0 Å². The Hall–Kier alpha value is -1.14. The highest BCUT2D eigenvalue weighted by Crippen LogP contribution is 2.32. The predicted molar refractivity (Wildman–Crippen MR) is 64.3 cm³/mol. The van der Waals surface area contributed by atoms with Crippen LogP contribution in [0.5, 0.6) is 0 Å². The lowest BCUT2D eigenvalue weighted by Gasteiger charge is -2.35. The summed E-state index contributed by atoms with van der Waals surface area (Å²) >= 11 is 0. The van der Waals surface area contributed by atoms with Gasteiger partial charge < -0.3 is 10.6 Å². The third-order valence-electron chi connectivity index (χ3n) is 3.04. The maximum atomic E-state index is 13.1. The maximum Gasteiger partial charge on any atom is 0.182 e. The fourth-order valence-electron chi connectivity index (χ4n) is 2.01. The molecule has 0 aliphatic carbocycles. The first-order chi connectivity index (χ1) is 7.95. The first-order valence-corrected chi connectivity index (χ1v) is 7.10. The summed E-state index contributed by atoms with van der Waals surface area (Å²) < 4.78 is 36.9. The van der Waals surface area contributed by atoms with Crippen LogP contribution < -0.4 is 10.6 Å². The Kier molecular flexibility index (Phi) is 3.09. The van der Waals surface area contributed by atoms with Crippen molar-refractivity contribution >= 4 is 15.5 Å². The molecule has 0 saturated heterocycles. The summed E-state index contributed by atoms with van der Waals surface area (Å²) in [5, 5.41) is 0. The predicted octanol–water partition coefficient (Wildman–Crippen LogP) is 0.767. The average molecular weight is 258 g/mol. The molecule has 17 heavy (non-hydrogen) atoms. The molecule has 4 nitrogen and oxygen atoms in total. The monoisotopic (exact) mass is 258 g/mol. The molecular formula is C11H15FN2O2S. The summed E-state index contributed by atoms with van der Waals surface area (Å²) in [7, 11) is -3.36. The zero-order chi connectivity index (χ0) is 12.6. The smallest absolute Gasteiger partial charge is 0.182 e. The van der Waals surface area contributed by atoms with Gasteiger partial charge in [-0.1, -0.05) is 0 Å². The molecule has 1 aliphatic heterocycles. The number of nitrogens with two attached hydrogens (primary N) is 1. The molecule has 0 radical (unpaired) electrons. The number of fused-ring (bicyclic) bond motifs is 1. The highest BCUT2D eigenvalue weighted by atomic mass is 32.2. The molecule has 1 aromatic carbocycles. The molecule has 2 rings (SSSR count). The molecule has 0 bridgehead atoms. The van der Waals surface area contributed by atoms with Crippen molar-refractivity contribution < 1.29 is 12.8 Å². The highest BCUT2D eigenvalue weighted by molar-refractivity contribution is 7.91. The molecule has 2 N–H and O–H groups in total. The van der Waals surface area contributed by atoms with Crippen LogP contribution in [0.4, 0.5) is 10.1 Å². The molecule has 1 aromatic rings. The largest absolute Gasteiger partial charge is 0.365 e. The fourth-order valence-corrected chi connectivity index (χ4v) is 3.46. The molecule has 1 aliphatic rings. The lowest BCUT2D eigenvalue weighted by atomic mass is 10.2. The molecule has 1 atom stereocenters. The molecule has 0 spiro atoms. The quantitative estimate of drug-likeness (QED) is 0.851. The van der Waals surface area contributed by atoms with E-state index in [0.29, 0.717) is 18.8 Å². The van der Waals surface area contributed by atoms with Gasteiger partial charge in [-0.05, 0) is 25.1 Å². The van der Waals surface area contributed by atoms with Crippen molar-refractivity contribution in [2.75, 3.05) is 23.7 Å². The third kappa shape index (κ3) is 2.14. The van der Waals surface area contributed by atoms with E-state index in [1.54, 1.807) is 0 Å². The Morgan fingerprint density at radius 3 is 2.88 bits per heavy atom. The second kappa shape index (κ2) is 4.27. The number of sulfone groups is 1. The molecule has 94 valence electrons. The first-order valence-electron chi connectivity index (χ1n) is 5.45. The van der Waals surface area contributed by atoms with Crippen LogP contribution >= 0.6 is 0 Å².